The van der Waals surface area contributed by atoms with Crippen LogP contribution in [0.1, 0.15) is 0 Å². The van der Waals surface area contributed by atoms with Crippen LogP contribution in [0.15, 0.2) is 59.2 Å². The molecule has 0 bridgehead atoms. The zero-order valence-electron chi connectivity index (χ0n) is 14.7. The highest BCUT2D eigenvalue weighted by Gasteiger charge is 2.13. The predicted octanol–water partition coefficient (Wildman–Crippen LogP) is 4.14. The van der Waals surface area contributed by atoms with Crippen LogP contribution in [0.4, 0.5) is 11.5 Å². The van der Waals surface area contributed by atoms with Crippen molar-refractivity contribution in [3.63, 3.8) is 0 Å². The van der Waals surface area contributed by atoms with Crippen molar-refractivity contribution in [2.75, 3.05) is 23.8 Å². The molecule has 0 saturated heterocycles. The number of hydrogen-bond acceptors (Lipinski definition) is 5. The van der Waals surface area contributed by atoms with E-state index < -0.39 is 10.0 Å². The summed E-state index contributed by atoms with van der Waals surface area (Å²) in [6.45, 7) is 0. The number of nitrogens with zero attached hydrogens (tertiary/aromatic N) is 1. The Bertz CT molecular complexity index is 1100. The van der Waals surface area contributed by atoms with Crippen LogP contribution in [-0.2, 0) is 10.0 Å². The predicted molar refractivity (Wildman–Crippen MR) is 112 cm³/mol. The van der Waals surface area contributed by atoms with E-state index in [-0.39, 0.29) is 0 Å². The Morgan fingerprint density at radius 3 is 2.41 bits per heavy atom. The number of ether oxygens (including phenoxy) is 1. The maximum atomic E-state index is 11.7. The summed E-state index contributed by atoms with van der Waals surface area (Å²) in [7, 11) is -1.84. The molecule has 3 aromatic rings. The molecule has 0 fully saturated rings. The summed E-state index contributed by atoms with van der Waals surface area (Å²) >= 11 is 3.41. The van der Waals surface area contributed by atoms with Crippen LogP contribution in [0.5, 0.6) is 5.75 Å². The first kappa shape index (κ1) is 19.2. The van der Waals surface area contributed by atoms with E-state index >= 15 is 0 Å². The Hall–Kier alpha value is -2.58. The average molecular weight is 448 g/mol. The Kier molecular flexibility index (Phi) is 5.38. The number of rotatable bonds is 5. The van der Waals surface area contributed by atoms with E-state index in [9.17, 15) is 8.42 Å². The van der Waals surface area contributed by atoms with Gasteiger partial charge in [0.25, 0.3) is 0 Å². The summed E-state index contributed by atoms with van der Waals surface area (Å²) in [6, 6.07) is 14.7. The van der Waals surface area contributed by atoms with E-state index in [0.29, 0.717) is 17.3 Å². The molecule has 3 rings (SSSR count). The highest BCUT2D eigenvalue weighted by atomic mass is 79.9. The Labute approximate surface area is 166 Å². The highest BCUT2D eigenvalue weighted by molar-refractivity contribution is 9.10. The third-order valence-corrected chi connectivity index (χ3v) is 4.90. The van der Waals surface area contributed by atoms with Crippen LogP contribution in [0.3, 0.4) is 0 Å². The second-order valence-corrected chi connectivity index (χ2v) is 8.62. The van der Waals surface area contributed by atoms with Crippen molar-refractivity contribution in [1.82, 2.24) is 4.98 Å². The second kappa shape index (κ2) is 7.58. The maximum Gasteiger partial charge on any atom is 0.229 e. The monoisotopic (exact) mass is 447 g/mol. The Morgan fingerprint density at radius 1 is 1.07 bits per heavy atom. The van der Waals surface area contributed by atoms with E-state index in [1.165, 1.54) is 0 Å². The van der Waals surface area contributed by atoms with Crippen molar-refractivity contribution in [1.29, 1.82) is 0 Å². The summed E-state index contributed by atoms with van der Waals surface area (Å²) in [5.41, 5.74) is 9.61. The number of aromatic nitrogens is 1. The number of pyridine rings is 1. The molecule has 0 aliphatic carbocycles. The van der Waals surface area contributed by atoms with Gasteiger partial charge in [-0.15, -0.1) is 0 Å². The van der Waals surface area contributed by atoms with E-state index in [0.717, 1.165) is 33.0 Å². The number of para-hydroxylation sites is 1. The minimum atomic E-state index is -3.42. The molecule has 8 heteroatoms. The molecule has 0 saturated carbocycles. The van der Waals surface area contributed by atoms with Gasteiger partial charge in [-0.2, -0.15) is 0 Å². The van der Waals surface area contributed by atoms with Gasteiger partial charge in [-0.05, 0) is 57.4 Å². The number of hydrogen-bond donors (Lipinski definition) is 2. The van der Waals surface area contributed by atoms with Gasteiger partial charge >= 0.3 is 0 Å². The molecule has 0 unspecified atom stereocenters. The van der Waals surface area contributed by atoms with Crippen LogP contribution in [-0.4, -0.2) is 26.8 Å². The maximum absolute atomic E-state index is 11.7. The first-order chi connectivity index (χ1) is 12.8. The lowest BCUT2D eigenvalue weighted by Crippen LogP contribution is -2.10. The lowest BCUT2D eigenvalue weighted by Gasteiger charge is -2.14. The summed E-state index contributed by atoms with van der Waals surface area (Å²) < 4.78 is 32.2. The molecule has 6 nitrogen and oxygen atoms in total. The molecule has 1 heterocycles. The molecule has 0 spiro atoms. The fourth-order valence-electron chi connectivity index (χ4n) is 2.73. The van der Waals surface area contributed by atoms with Gasteiger partial charge in [-0.3, -0.25) is 4.72 Å². The smallest absolute Gasteiger partial charge is 0.229 e. The van der Waals surface area contributed by atoms with Crippen molar-refractivity contribution in [3.8, 4) is 28.0 Å². The first-order valence-electron chi connectivity index (χ1n) is 7.94. The molecule has 140 valence electrons. The number of halogens is 1. The standard InChI is InChI=1S/C19H18BrN3O3S/c1-26-15-8-12(16-5-3-4-6-18(16)23-27(2,24)25)7-13(9-15)17-10-14(20)11-22-19(17)21/h3-11,23H,1-2H3,(H2,21,22). The molecule has 0 aliphatic rings. The Balaban J connectivity index is 2.20. The Morgan fingerprint density at radius 2 is 1.74 bits per heavy atom. The van der Waals surface area contributed by atoms with Crippen LogP contribution >= 0.6 is 15.9 Å². The fraction of sp³-hybridized carbons (Fsp3) is 0.105. The topological polar surface area (TPSA) is 94.3 Å². The fourth-order valence-corrected chi connectivity index (χ4v) is 3.64. The van der Waals surface area contributed by atoms with Gasteiger partial charge in [0, 0.05) is 21.8 Å². The van der Waals surface area contributed by atoms with Gasteiger partial charge in [0.15, 0.2) is 0 Å². The normalized spacial score (nSPS) is 11.2. The van der Waals surface area contributed by atoms with Crippen molar-refractivity contribution in [2.24, 2.45) is 0 Å². The van der Waals surface area contributed by atoms with Crippen molar-refractivity contribution >= 4 is 37.5 Å². The molecular weight excluding hydrogens is 430 g/mol. The van der Waals surface area contributed by atoms with Crippen LogP contribution in [0, 0.1) is 0 Å². The molecule has 27 heavy (non-hydrogen) atoms. The molecule has 2 aromatic carbocycles. The number of nitrogens with one attached hydrogen (secondary N) is 1. The van der Waals surface area contributed by atoms with Crippen LogP contribution in [0.2, 0.25) is 0 Å². The van der Waals surface area contributed by atoms with Crippen molar-refractivity contribution in [2.45, 2.75) is 0 Å². The number of nitrogen functional groups attached to an aromatic ring is 1. The summed E-state index contributed by atoms with van der Waals surface area (Å²) in [5, 5.41) is 0. The molecule has 0 amide bonds. The van der Waals surface area contributed by atoms with Gasteiger partial charge < -0.3 is 10.5 Å². The highest BCUT2D eigenvalue weighted by Crippen LogP contribution is 2.37. The molecule has 3 N–H and O–H groups in total. The number of methoxy groups -OCH3 is 1. The minimum absolute atomic E-state index is 0.389. The zero-order valence-corrected chi connectivity index (χ0v) is 17.1. The summed E-state index contributed by atoms with van der Waals surface area (Å²) in [5.74, 6) is 1.01. The van der Waals surface area contributed by atoms with E-state index in [1.807, 2.05) is 36.4 Å². The van der Waals surface area contributed by atoms with Crippen LogP contribution in [0.25, 0.3) is 22.3 Å². The largest absolute Gasteiger partial charge is 0.497 e. The minimum Gasteiger partial charge on any atom is -0.497 e. The number of nitrogens with two attached hydrogens (primary N) is 1. The van der Waals surface area contributed by atoms with E-state index in [1.54, 1.807) is 25.4 Å². The second-order valence-electron chi connectivity index (χ2n) is 5.96. The van der Waals surface area contributed by atoms with Gasteiger partial charge in [0.05, 0.1) is 19.1 Å². The quantitative estimate of drug-likeness (QED) is 0.612. The number of sulfonamides is 1. The van der Waals surface area contributed by atoms with Gasteiger partial charge in [-0.1, -0.05) is 18.2 Å². The van der Waals surface area contributed by atoms with Gasteiger partial charge in [0.2, 0.25) is 10.0 Å². The first-order valence-corrected chi connectivity index (χ1v) is 10.6. The molecule has 1 aromatic heterocycles. The zero-order chi connectivity index (χ0) is 19.6. The SMILES string of the molecule is COc1cc(-c2ccccc2NS(C)(=O)=O)cc(-c2cc(Br)cnc2N)c1. The van der Waals surface area contributed by atoms with Gasteiger partial charge in [0.1, 0.15) is 11.6 Å². The third kappa shape index (κ3) is 4.58. The lowest BCUT2D eigenvalue weighted by atomic mass is 9.98. The molecular formula is C19H18BrN3O3S. The van der Waals surface area contributed by atoms with E-state index in [2.05, 4.69) is 25.6 Å². The molecule has 0 atom stereocenters. The average Bonchev–Trinajstić information content (AvgIpc) is 2.62. The summed E-state index contributed by atoms with van der Waals surface area (Å²) in [4.78, 5) is 4.18. The molecule has 0 radical (unpaired) electrons. The van der Waals surface area contributed by atoms with Crippen molar-refractivity contribution < 1.29 is 13.2 Å². The summed E-state index contributed by atoms with van der Waals surface area (Å²) in [6.07, 6.45) is 2.75. The van der Waals surface area contributed by atoms with Crippen molar-refractivity contribution in [3.05, 3.63) is 59.2 Å². The lowest BCUT2D eigenvalue weighted by molar-refractivity contribution is 0.415. The van der Waals surface area contributed by atoms with E-state index in [4.69, 9.17) is 10.5 Å². The van der Waals surface area contributed by atoms with Crippen LogP contribution < -0.4 is 15.2 Å². The third-order valence-electron chi connectivity index (χ3n) is 3.87. The number of benzene rings is 2. The number of anilines is 2. The van der Waals surface area contributed by atoms with Gasteiger partial charge in [-0.25, -0.2) is 13.4 Å². The molecule has 0 aliphatic heterocycles.